The van der Waals surface area contributed by atoms with Crippen LogP contribution in [0.1, 0.15) is 28.1 Å². The van der Waals surface area contributed by atoms with Crippen LogP contribution in [0.15, 0.2) is 31.1 Å². The third-order valence-electron chi connectivity index (χ3n) is 4.18. The molecule has 0 fully saturated rings. The first-order valence-corrected chi connectivity index (χ1v) is 7.55. The van der Waals surface area contributed by atoms with Crippen molar-refractivity contribution in [3.8, 4) is 0 Å². The monoisotopic (exact) mass is 367 g/mol. The third-order valence-corrected chi connectivity index (χ3v) is 4.18. The summed E-state index contributed by atoms with van der Waals surface area (Å²) in [6, 6.07) is 2.36. The first-order valence-electron chi connectivity index (χ1n) is 7.55. The molecule has 26 heavy (non-hydrogen) atoms. The van der Waals surface area contributed by atoms with Gasteiger partial charge in [-0.3, -0.25) is 0 Å². The van der Waals surface area contributed by atoms with Gasteiger partial charge in [-0.05, 0) is 24.1 Å². The van der Waals surface area contributed by atoms with Crippen molar-refractivity contribution in [3.05, 3.63) is 65.0 Å². The Kier molecular flexibility index (Phi) is 4.39. The summed E-state index contributed by atoms with van der Waals surface area (Å²) >= 11 is 0. The lowest BCUT2D eigenvalue weighted by molar-refractivity contribution is -0.137. The molecule has 0 atom stereocenters. The molecule has 1 amide bonds. The average Bonchev–Trinajstić information content (AvgIpc) is 2.59. The first kappa shape index (κ1) is 17.8. The summed E-state index contributed by atoms with van der Waals surface area (Å²) in [6.45, 7) is 3.91. The second-order valence-corrected chi connectivity index (χ2v) is 5.77. The molecule has 1 aliphatic heterocycles. The van der Waals surface area contributed by atoms with E-state index < -0.39 is 23.7 Å². The highest BCUT2D eigenvalue weighted by Crippen LogP contribution is 2.37. The molecular weight excluding hydrogens is 354 g/mol. The van der Waals surface area contributed by atoms with Crippen molar-refractivity contribution >= 4 is 11.7 Å². The van der Waals surface area contributed by atoms with Gasteiger partial charge < -0.3 is 10.0 Å². The molecule has 0 radical (unpaired) electrons. The maximum Gasteiger partial charge on any atom is 0.417 e. The summed E-state index contributed by atoms with van der Waals surface area (Å²) < 4.78 is 53.1. The smallest absolute Gasteiger partial charge is 0.417 e. The van der Waals surface area contributed by atoms with E-state index in [-0.39, 0.29) is 36.3 Å². The fourth-order valence-electron chi connectivity index (χ4n) is 2.92. The van der Waals surface area contributed by atoms with Gasteiger partial charge in [0.05, 0.1) is 23.5 Å². The molecule has 0 unspecified atom stereocenters. The quantitative estimate of drug-likeness (QED) is 0.822. The number of carboxylic acid groups (broad SMARTS) is 1. The number of hydrogen-bond acceptors (Lipinski definition) is 3. The van der Waals surface area contributed by atoms with Crippen LogP contribution >= 0.6 is 0 Å². The van der Waals surface area contributed by atoms with Gasteiger partial charge in [0.15, 0.2) is 0 Å². The van der Waals surface area contributed by atoms with Crippen molar-refractivity contribution in [1.29, 1.82) is 0 Å². The minimum Gasteiger partial charge on any atom is -0.465 e. The maximum absolute atomic E-state index is 13.3. The van der Waals surface area contributed by atoms with E-state index in [4.69, 9.17) is 5.11 Å². The number of rotatable bonds is 2. The van der Waals surface area contributed by atoms with Gasteiger partial charge in [0.2, 0.25) is 0 Å². The molecule has 2 aromatic rings. The largest absolute Gasteiger partial charge is 0.465 e. The van der Waals surface area contributed by atoms with Crippen LogP contribution in [0.5, 0.6) is 0 Å². The second-order valence-electron chi connectivity index (χ2n) is 5.77. The minimum atomic E-state index is -4.76. The topological polar surface area (TPSA) is 66.3 Å². The van der Waals surface area contributed by atoms with Gasteiger partial charge in [0, 0.05) is 17.7 Å². The number of benzene rings is 1. The fraction of sp³-hybridized carbons (Fsp3) is 0.235. The Morgan fingerprint density at radius 1 is 1.27 bits per heavy atom. The van der Waals surface area contributed by atoms with E-state index >= 15 is 0 Å². The van der Waals surface area contributed by atoms with Crippen LogP contribution in [0.2, 0.25) is 0 Å². The number of hydrogen-bond donors (Lipinski definition) is 1. The summed E-state index contributed by atoms with van der Waals surface area (Å²) in [6.07, 6.45) is -4.46. The average molecular weight is 367 g/mol. The van der Waals surface area contributed by atoms with Crippen molar-refractivity contribution in [2.24, 2.45) is 0 Å². The normalized spacial score (nSPS) is 14.1. The van der Waals surface area contributed by atoms with Gasteiger partial charge >= 0.3 is 12.3 Å². The van der Waals surface area contributed by atoms with E-state index in [2.05, 4.69) is 16.5 Å². The lowest BCUT2D eigenvalue weighted by atomic mass is 9.92. The van der Waals surface area contributed by atoms with E-state index in [1.54, 1.807) is 0 Å². The van der Waals surface area contributed by atoms with Crippen LogP contribution in [0.4, 0.5) is 22.4 Å². The van der Waals surface area contributed by atoms with E-state index in [9.17, 15) is 22.4 Å². The van der Waals surface area contributed by atoms with E-state index in [1.165, 1.54) is 0 Å². The Bertz CT molecular complexity index is 896. The number of alkyl halides is 3. The Balaban J connectivity index is 2.06. The lowest BCUT2D eigenvalue weighted by Gasteiger charge is -2.27. The van der Waals surface area contributed by atoms with E-state index in [1.807, 2.05) is 0 Å². The highest BCUT2D eigenvalue weighted by atomic mass is 19.4. The molecule has 2 heterocycles. The van der Waals surface area contributed by atoms with Gasteiger partial charge in [-0.2, -0.15) is 13.2 Å². The zero-order valence-electron chi connectivity index (χ0n) is 13.3. The molecule has 1 aromatic heterocycles. The Morgan fingerprint density at radius 2 is 2.00 bits per heavy atom. The summed E-state index contributed by atoms with van der Waals surface area (Å²) in [5, 5.41) is 9.08. The van der Waals surface area contributed by atoms with Crippen LogP contribution in [-0.2, 0) is 19.1 Å². The number of aromatic nitrogens is 2. The number of fused-ring (bicyclic) bond motifs is 1. The number of amides is 1. The molecule has 9 heteroatoms. The van der Waals surface area contributed by atoms with Crippen LogP contribution < -0.4 is 0 Å². The van der Waals surface area contributed by atoms with E-state index in [0.29, 0.717) is 17.3 Å². The molecule has 0 spiro atoms. The SMILES string of the molecule is C=C(c1ccc(F)cc1C(F)(F)F)c1ncnc2c1CCN(C(=O)O)C2. The summed E-state index contributed by atoms with van der Waals surface area (Å²) in [4.78, 5) is 20.3. The predicted molar refractivity (Wildman–Crippen MR) is 83.7 cm³/mol. The highest BCUT2D eigenvalue weighted by Gasteiger charge is 2.35. The highest BCUT2D eigenvalue weighted by molar-refractivity contribution is 5.80. The van der Waals surface area contributed by atoms with Crippen molar-refractivity contribution in [2.45, 2.75) is 19.1 Å². The van der Waals surface area contributed by atoms with Crippen molar-refractivity contribution in [2.75, 3.05) is 6.54 Å². The molecular formula is C17H13F4N3O2. The standard InChI is InChI=1S/C17H13F4N3O2/c1-9(11-3-2-10(18)6-13(11)17(19,20)21)15-12-4-5-24(16(25)26)7-14(12)22-8-23-15/h2-3,6,8H,1,4-5,7H2,(H,25,26). The Labute approximate surface area is 145 Å². The maximum atomic E-state index is 13.3. The molecule has 0 bridgehead atoms. The third kappa shape index (κ3) is 3.24. The van der Waals surface area contributed by atoms with Crippen molar-refractivity contribution < 1.29 is 27.5 Å². The Morgan fingerprint density at radius 3 is 2.65 bits per heavy atom. The van der Waals surface area contributed by atoms with Gasteiger partial charge in [0.1, 0.15) is 12.1 Å². The zero-order chi connectivity index (χ0) is 19.1. The molecule has 0 aliphatic carbocycles. The lowest BCUT2D eigenvalue weighted by Crippen LogP contribution is -2.36. The first-order chi connectivity index (χ1) is 12.2. The van der Waals surface area contributed by atoms with Crippen molar-refractivity contribution in [1.82, 2.24) is 14.9 Å². The molecule has 1 aliphatic rings. The van der Waals surface area contributed by atoms with Crippen LogP contribution in [-0.4, -0.2) is 32.6 Å². The summed E-state index contributed by atoms with van der Waals surface area (Å²) in [5.41, 5.74) is -0.261. The van der Waals surface area contributed by atoms with Gasteiger partial charge in [-0.25, -0.2) is 19.2 Å². The second kappa shape index (κ2) is 6.40. The minimum absolute atomic E-state index is 0.0141. The number of carbonyl (C=O) groups is 1. The van der Waals surface area contributed by atoms with E-state index in [0.717, 1.165) is 23.4 Å². The molecule has 0 saturated carbocycles. The van der Waals surface area contributed by atoms with Crippen molar-refractivity contribution in [3.63, 3.8) is 0 Å². The molecule has 5 nitrogen and oxygen atoms in total. The molecule has 136 valence electrons. The Hall–Kier alpha value is -2.97. The van der Waals surface area contributed by atoms with Gasteiger partial charge in [-0.1, -0.05) is 12.6 Å². The number of halogens is 4. The van der Waals surface area contributed by atoms with Crippen LogP contribution in [0.3, 0.4) is 0 Å². The molecule has 0 saturated heterocycles. The summed E-state index contributed by atoms with van der Waals surface area (Å²) in [5.74, 6) is -1.00. The fourth-order valence-corrected chi connectivity index (χ4v) is 2.92. The van der Waals surface area contributed by atoms with Gasteiger partial charge in [0.25, 0.3) is 0 Å². The number of nitrogens with zero attached hydrogens (tertiary/aromatic N) is 3. The molecule has 3 rings (SSSR count). The zero-order valence-corrected chi connectivity index (χ0v) is 13.3. The van der Waals surface area contributed by atoms with Crippen LogP contribution in [0.25, 0.3) is 5.57 Å². The molecule has 1 aromatic carbocycles. The summed E-state index contributed by atoms with van der Waals surface area (Å²) in [7, 11) is 0. The van der Waals surface area contributed by atoms with Gasteiger partial charge in [-0.15, -0.1) is 0 Å². The predicted octanol–water partition coefficient (Wildman–Crippen LogP) is 3.73. The molecule has 1 N–H and O–H groups in total. The van der Waals surface area contributed by atoms with Crippen LogP contribution in [0, 0.1) is 5.82 Å².